The van der Waals surface area contributed by atoms with Gasteiger partial charge < -0.3 is 4.98 Å². The van der Waals surface area contributed by atoms with Crippen LogP contribution in [0.15, 0.2) is 9.47 Å². The third-order valence-corrected chi connectivity index (χ3v) is 2.39. The molecule has 0 radical (unpaired) electrons. The molecular weight excluding hydrogens is 234 g/mol. The molecule has 0 aliphatic heterocycles. The molecule has 0 saturated heterocycles. The van der Waals surface area contributed by atoms with Crippen molar-refractivity contribution in [3.63, 3.8) is 0 Å². The van der Waals surface area contributed by atoms with Gasteiger partial charge in [0.05, 0.1) is 10.0 Å². The summed E-state index contributed by atoms with van der Waals surface area (Å²) in [6, 6.07) is 1.97. The van der Waals surface area contributed by atoms with E-state index in [0.717, 1.165) is 0 Å². The molecule has 5 heteroatoms. The van der Waals surface area contributed by atoms with Crippen molar-refractivity contribution in [3.8, 4) is 6.07 Å². The Hall–Kier alpha value is -1.41. The molecule has 0 unspecified atom stereocenters. The Morgan fingerprint density at radius 3 is 2.77 bits per heavy atom. The predicted molar refractivity (Wildman–Crippen MR) is 51.8 cm³/mol. The number of aliphatic imine (C=N–C) groups is 1. The Labute approximate surface area is 83.4 Å². The number of nitrogens with zero attached hydrogens (tertiary/aromatic N) is 2. The molecule has 0 spiro atoms. The summed E-state index contributed by atoms with van der Waals surface area (Å²) in [5.74, 6) is -0.475. The summed E-state index contributed by atoms with van der Waals surface area (Å²) in [7, 11) is 0. The average Bonchev–Trinajstić information content (AvgIpc) is 2.40. The number of aromatic amines is 1. The first-order valence-corrected chi connectivity index (χ1v) is 4.20. The van der Waals surface area contributed by atoms with Gasteiger partial charge in [-0.1, -0.05) is 0 Å². The predicted octanol–water partition coefficient (Wildman–Crippen LogP) is 1.80. The van der Waals surface area contributed by atoms with E-state index in [0.29, 0.717) is 15.7 Å². The fourth-order valence-electron chi connectivity index (χ4n) is 0.954. The molecule has 1 heterocycles. The topological polar surface area (TPSA) is 69.0 Å². The fourth-order valence-corrected chi connectivity index (χ4v) is 1.61. The summed E-state index contributed by atoms with van der Waals surface area (Å²) < 4.78 is 0.449. The average molecular weight is 240 g/mol. The number of aryl methyl sites for hydroxylation is 1. The minimum absolute atomic E-state index is 0.268. The van der Waals surface area contributed by atoms with E-state index >= 15 is 0 Å². The first kappa shape index (κ1) is 9.68. The summed E-state index contributed by atoms with van der Waals surface area (Å²) in [5.41, 5.74) is 1.33. The Kier molecular flexibility index (Phi) is 2.63. The molecule has 13 heavy (non-hydrogen) atoms. The summed E-state index contributed by atoms with van der Waals surface area (Å²) in [6.45, 7) is 4.83. The van der Waals surface area contributed by atoms with Gasteiger partial charge in [0.1, 0.15) is 11.8 Å². The van der Waals surface area contributed by atoms with E-state index in [-0.39, 0.29) is 5.69 Å². The Morgan fingerprint density at radius 2 is 2.38 bits per heavy atom. The first-order valence-electron chi connectivity index (χ1n) is 3.41. The monoisotopic (exact) mass is 239 g/mol. The van der Waals surface area contributed by atoms with E-state index in [2.05, 4.69) is 32.6 Å². The van der Waals surface area contributed by atoms with Gasteiger partial charge in [-0.3, -0.25) is 4.79 Å². The number of hydrogen-bond acceptors (Lipinski definition) is 2. The number of carbonyl (C=O) groups excluding carboxylic acids is 1. The van der Waals surface area contributed by atoms with Crippen molar-refractivity contribution in [2.24, 2.45) is 4.99 Å². The SMILES string of the molecule is C=NC(=O)c1[nH]c(C)c(C#N)c1Br. The van der Waals surface area contributed by atoms with Crippen molar-refractivity contribution >= 4 is 28.6 Å². The third kappa shape index (κ3) is 1.53. The number of nitriles is 1. The normalized spacial score (nSPS) is 9.31. The number of halogens is 1. The zero-order valence-electron chi connectivity index (χ0n) is 6.89. The fraction of sp³-hybridized carbons (Fsp3) is 0.125. The van der Waals surface area contributed by atoms with E-state index in [1.807, 2.05) is 6.07 Å². The van der Waals surface area contributed by atoms with Gasteiger partial charge in [-0.15, -0.1) is 0 Å². The van der Waals surface area contributed by atoms with E-state index < -0.39 is 5.91 Å². The van der Waals surface area contributed by atoms with Crippen LogP contribution in [0.1, 0.15) is 21.7 Å². The molecule has 1 aromatic heterocycles. The van der Waals surface area contributed by atoms with E-state index in [1.54, 1.807) is 6.92 Å². The number of aromatic nitrogens is 1. The summed E-state index contributed by atoms with van der Waals surface area (Å²) in [5, 5.41) is 8.71. The van der Waals surface area contributed by atoms with Crippen LogP contribution in [0.25, 0.3) is 0 Å². The molecule has 0 aromatic carbocycles. The maximum atomic E-state index is 11.1. The third-order valence-electron chi connectivity index (χ3n) is 1.60. The first-order chi connectivity index (χ1) is 6.11. The second-order valence-corrected chi connectivity index (χ2v) is 3.18. The standard InChI is InChI=1S/C8H6BrN3O/c1-4-5(3-10)6(9)7(12-4)8(13)11-2/h12H,2H2,1H3. The van der Waals surface area contributed by atoms with Crippen molar-refractivity contribution in [2.75, 3.05) is 0 Å². The minimum Gasteiger partial charge on any atom is -0.352 e. The van der Waals surface area contributed by atoms with Crippen molar-refractivity contribution in [1.82, 2.24) is 4.98 Å². The van der Waals surface area contributed by atoms with Gasteiger partial charge in [-0.25, -0.2) is 4.99 Å². The number of carbonyl (C=O) groups is 1. The van der Waals surface area contributed by atoms with Crippen LogP contribution >= 0.6 is 15.9 Å². The van der Waals surface area contributed by atoms with Gasteiger partial charge in [0, 0.05) is 5.69 Å². The molecule has 1 amide bonds. The summed E-state index contributed by atoms with van der Waals surface area (Å²) >= 11 is 3.14. The van der Waals surface area contributed by atoms with E-state index in [1.165, 1.54) is 0 Å². The van der Waals surface area contributed by atoms with Crippen LogP contribution in [0.3, 0.4) is 0 Å². The molecule has 0 saturated carbocycles. The Balaban J connectivity index is 3.36. The highest BCUT2D eigenvalue weighted by Gasteiger charge is 2.16. The van der Waals surface area contributed by atoms with Crippen LogP contribution in [-0.4, -0.2) is 17.6 Å². The molecule has 0 aliphatic rings. The number of rotatable bonds is 1. The molecule has 0 fully saturated rings. The van der Waals surface area contributed by atoms with Crippen LogP contribution in [0.5, 0.6) is 0 Å². The molecule has 1 N–H and O–H groups in total. The highest BCUT2D eigenvalue weighted by Crippen LogP contribution is 2.24. The van der Waals surface area contributed by atoms with Crippen LogP contribution in [0, 0.1) is 18.3 Å². The summed E-state index contributed by atoms with van der Waals surface area (Å²) in [6.07, 6.45) is 0. The lowest BCUT2D eigenvalue weighted by atomic mass is 10.3. The van der Waals surface area contributed by atoms with E-state index in [4.69, 9.17) is 5.26 Å². The lowest BCUT2D eigenvalue weighted by molar-refractivity contribution is 0.0999. The lowest BCUT2D eigenvalue weighted by Crippen LogP contribution is -1.94. The van der Waals surface area contributed by atoms with Crippen LogP contribution in [-0.2, 0) is 0 Å². The Bertz CT molecular complexity index is 414. The van der Waals surface area contributed by atoms with Gasteiger partial charge in [0.2, 0.25) is 0 Å². The summed E-state index contributed by atoms with van der Waals surface area (Å²) in [4.78, 5) is 17.1. The quantitative estimate of drug-likeness (QED) is 0.760. The minimum atomic E-state index is -0.475. The molecular formula is C8H6BrN3O. The van der Waals surface area contributed by atoms with Crippen LogP contribution in [0.2, 0.25) is 0 Å². The second-order valence-electron chi connectivity index (χ2n) is 2.39. The molecule has 0 atom stereocenters. The van der Waals surface area contributed by atoms with Crippen molar-refractivity contribution in [2.45, 2.75) is 6.92 Å². The second kappa shape index (κ2) is 3.54. The molecule has 66 valence electrons. The number of H-pyrrole nitrogens is 1. The van der Waals surface area contributed by atoms with E-state index in [9.17, 15) is 4.79 Å². The van der Waals surface area contributed by atoms with Gasteiger partial charge in [0.15, 0.2) is 0 Å². The highest BCUT2D eigenvalue weighted by molar-refractivity contribution is 9.10. The molecule has 4 nitrogen and oxygen atoms in total. The molecule has 1 rings (SSSR count). The molecule has 1 aromatic rings. The number of amides is 1. The number of nitrogens with one attached hydrogen (secondary N) is 1. The van der Waals surface area contributed by atoms with Crippen molar-refractivity contribution in [3.05, 3.63) is 21.4 Å². The maximum Gasteiger partial charge on any atom is 0.293 e. The molecule has 0 bridgehead atoms. The van der Waals surface area contributed by atoms with Gasteiger partial charge in [-0.05, 0) is 29.6 Å². The number of hydrogen-bond donors (Lipinski definition) is 1. The van der Waals surface area contributed by atoms with Gasteiger partial charge in [-0.2, -0.15) is 5.26 Å². The zero-order chi connectivity index (χ0) is 10.0. The Morgan fingerprint density at radius 1 is 1.77 bits per heavy atom. The van der Waals surface area contributed by atoms with Crippen LogP contribution < -0.4 is 0 Å². The zero-order valence-corrected chi connectivity index (χ0v) is 8.47. The smallest absolute Gasteiger partial charge is 0.293 e. The van der Waals surface area contributed by atoms with Gasteiger partial charge in [0.25, 0.3) is 5.91 Å². The highest BCUT2D eigenvalue weighted by atomic mass is 79.9. The van der Waals surface area contributed by atoms with Gasteiger partial charge >= 0.3 is 0 Å². The van der Waals surface area contributed by atoms with Crippen molar-refractivity contribution in [1.29, 1.82) is 5.26 Å². The lowest BCUT2D eigenvalue weighted by Gasteiger charge is -1.89. The van der Waals surface area contributed by atoms with Crippen LogP contribution in [0.4, 0.5) is 0 Å². The maximum absolute atomic E-state index is 11.1. The largest absolute Gasteiger partial charge is 0.352 e. The van der Waals surface area contributed by atoms with Crippen molar-refractivity contribution < 1.29 is 4.79 Å². The molecule has 0 aliphatic carbocycles.